The van der Waals surface area contributed by atoms with Crippen molar-refractivity contribution in [2.24, 2.45) is 0 Å². The van der Waals surface area contributed by atoms with Gasteiger partial charge in [0.15, 0.2) is 11.5 Å². The van der Waals surface area contributed by atoms with Gasteiger partial charge in [-0.1, -0.05) is 12.1 Å². The van der Waals surface area contributed by atoms with Gasteiger partial charge in [0.1, 0.15) is 11.6 Å². The van der Waals surface area contributed by atoms with Gasteiger partial charge in [-0.2, -0.15) is 0 Å². The Bertz CT molecular complexity index is 1320. The first-order valence-corrected chi connectivity index (χ1v) is 11.0. The molecule has 0 unspecified atom stereocenters. The van der Waals surface area contributed by atoms with Crippen LogP contribution in [0.15, 0.2) is 66.2 Å². The fourth-order valence-corrected chi connectivity index (χ4v) is 4.24. The second-order valence-corrected chi connectivity index (χ2v) is 8.20. The minimum atomic E-state index is -0.389. The average Bonchev–Trinajstić information content (AvgIpc) is 3.09. The van der Waals surface area contributed by atoms with Gasteiger partial charge in [0, 0.05) is 5.69 Å². The van der Waals surface area contributed by atoms with E-state index in [1.54, 1.807) is 18.2 Å². The molecule has 35 heavy (non-hydrogen) atoms. The van der Waals surface area contributed by atoms with E-state index in [4.69, 9.17) is 9.47 Å². The number of allylic oxidation sites excluding steroid dienone is 3. The maximum absolute atomic E-state index is 14.1. The molecule has 1 aliphatic rings. The summed E-state index contributed by atoms with van der Waals surface area (Å²) in [5.74, 6) is -0.522. The van der Waals surface area contributed by atoms with E-state index in [0.29, 0.717) is 29.2 Å². The highest BCUT2D eigenvalue weighted by atomic mass is 19.1. The zero-order chi connectivity index (χ0) is 25.1. The molecule has 1 aliphatic carbocycles. The number of phenolic OH excluding ortho intramolecular Hbond substituents is 1. The number of nitrogens with one attached hydrogen (secondary N) is 1. The number of carbonyl (C=O) groups is 1. The van der Waals surface area contributed by atoms with E-state index < -0.39 is 0 Å². The van der Waals surface area contributed by atoms with Crippen molar-refractivity contribution in [3.8, 4) is 17.2 Å². The fraction of sp³-hybridized carbons (Fsp3) is 0.179. The number of hydrogen-bond acceptors (Lipinski definition) is 4. The van der Waals surface area contributed by atoms with E-state index in [-0.39, 0.29) is 29.7 Å². The van der Waals surface area contributed by atoms with E-state index in [0.717, 1.165) is 27.8 Å². The van der Waals surface area contributed by atoms with E-state index in [1.807, 2.05) is 13.0 Å². The van der Waals surface area contributed by atoms with Crippen molar-refractivity contribution in [2.45, 2.75) is 19.8 Å². The van der Waals surface area contributed by atoms with Crippen LogP contribution < -0.4 is 14.8 Å². The third kappa shape index (κ3) is 5.04. The molecule has 0 bridgehead atoms. The number of ether oxygens (including phenoxy) is 2. The molecule has 0 atom stereocenters. The minimum absolute atomic E-state index is 0.0395. The summed E-state index contributed by atoms with van der Waals surface area (Å²) >= 11 is 0. The average molecular weight is 478 g/mol. The minimum Gasteiger partial charge on any atom is -0.502 e. The van der Waals surface area contributed by atoms with Gasteiger partial charge < -0.3 is 19.9 Å². The van der Waals surface area contributed by atoms with Crippen LogP contribution >= 0.6 is 0 Å². The quantitative estimate of drug-likeness (QED) is 0.430. The highest BCUT2D eigenvalue weighted by molar-refractivity contribution is 6.06. The molecule has 0 aromatic heterocycles. The SMILES string of the molecule is COc1cc(C/C=C2/C(C)=C(CC(=O)Nc3ccc(F)cc3)c3cc(F)ccc32)cc(OC)c1O. The molecule has 7 heteroatoms. The molecule has 3 aromatic rings. The number of anilines is 1. The highest BCUT2D eigenvalue weighted by Crippen LogP contribution is 2.44. The number of carbonyl (C=O) groups excluding carboxylic acids is 1. The normalized spacial score (nSPS) is 13.7. The summed E-state index contributed by atoms with van der Waals surface area (Å²) in [6, 6.07) is 13.5. The largest absolute Gasteiger partial charge is 0.502 e. The van der Waals surface area contributed by atoms with Crippen LogP contribution in [0.5, 0.6) is 17.2 Å². The smallest absolute Gasteiger partial charge is 0.228 e. The van der Waals surface area contributed by atoms with Crippen LogP contribution in [0.3, 0.4) is 0 Å². The number of rotatable bonds is 7. The molecule has 0 heterocycles. The molecule has 0 saturated heterocycles. The number of benzene rings is 3. The Hall–Kier alpha value is -4.13. The maximum atomic E-state index is 14.1. The molecule has 0 fully saturated rings. The Morgan fingerprint density at radius 3 is 2.20 bits per heavy atom. The zero-order valence-corrected chi connectivity index (χ0v) is 19.6. The van der Waals surface area contributed by atoms with Gasteiger partial charge >= 0.3 is 0 Å². The third-order valence-electron chi connectivity index (χ3n) is 6.00. The fourth-order valence-electron chi connectivity index (χ4n) is 4.24. The number of amides is 1. The molecular weight excluding hydrogens is 452 g/mol. The zero-order valence-electron chi connectivity index (χ0n) is 19.6. The lowest BCUT2D eigenvalue weighted by Crippen LogP contribution is -2.12. The monoisotopic (exact) mass is 477 g/mol. The Morgan fingerprint density at radius 2 is 1.57 bits per heavy atom. The topological polar surface area (TPSA) is 67.8 Å². The molecule has 0 saturated carbocycles. The molecule has 0 aliphatic heterocycles. The van der Waals surface area contributed by atoms with Crippen LogP contribution in [-0.2, 0) is 11.2 Å². The highest BCUT2D eigenvalue weighted by Gasteiger charge is 2.26. The summed E-state index contributed by atoms with van der Waals surface area (Å²) in [5.41, 5.74) is 5.34. The number of methoxy groups -OCH3 is 2. The second kappa shape index (κ2) is 10.0. The number of aromatic hydroxyl groups is 1. The lowest BCUT2D eigenvalue weighted by molar-refractivity contribution is -0.115. The maximum Gasteiger partial charge on any atom is 0.228 e. The van der Waals surface area contributed by atoms with Gasteiger partial charge in [-0.3, -0.25) is 4.79 Å². The van der Waals surface area contributed by atoms with Crippen molar-refractivity contribution < 1.29 is 28.2 Å². The summed E-state index contributed by atoms with van der Waals surface area (Å²) in [6.07, 6.45) is 2.53. The second-order valence-electron chi connectivity index (χ2n) is 8.20. The Balaban J connectivity index is 1.64. The van der Waals surface area contributed by atoms with E-state index >= 15 is 0 Å². The van der Waals surface area contributed by atoms with Crippen molar-refractivity contribution >= 4 is 22.7 Å². The van der Waals surface area contributed by atoms with Crippen LogP contribution in [0.4, 0.5) is 14.5 Å². The van der Waals surface area contributed by atoms with Crippen molar-refractivity contribution in [1.82, 2.24) is 0 Å². The van der Waals surface area contributed by atoms with Crippen LogP contribution in [0.25, 0.3) is 11.1 Å². The molecule has 0 radical (unpaired) electrons. The molecule has 4 rings (SSSR count). The van der Waals surface area contributed by atoms with Gasteiger partial charge in [0.05, 0.1) is 20.6 Å². The predicted octanol–water partition coefficient (Wildman–Crippen LogP) is 6.13. The lowest BCUT2D eigenvalue weighted by Gasteiger charge is -2.11. The Kier molecular flexibility index (Phi) is 6.87. The first-order chi connectivity index (χ1) is 16.8. The van der Waals surface area contributed by atoms with Crippen LogP contribution in [0.1, 0.15) is 30.0 Å². The number of hydrogen-bond donors (Lipinski definition) is 2. The Labute approximate surface area is 202 Å². The number of fused-ring (bicyclic) bond motifs is 1. The molecule has 1 amide bonds. The first-order valence-electron chi connectivity index (χ1n) is 11.0. The summed E-state index contributed by atoms with van der Waals surface area (Å²) in [5, 5.41) is 12.9. The van der Waals surface area contributed by atoms with Crippen molar-refractivity contribution in [3.05, 3.63) is 94.6 Å². The van der Waals surface area contributed by atoms with E-state index in [9.17, 15) is 18.7 Å². The molecule has 5 nitrogen and oxygen atoms in total. The number of halogens is 2. The summed E-state index contributed by atoms with van der Waals surface area (Å²) in [6.45, 7) is 1.90. The first kappa shape index (κ1) is 24.0. The van der Waals surface area contributed by atoms with E-state index in [1.165, 1.54) is 50.6 Å². The van der Waals surface area contributed by atoms with E-state index in [2.05, 4.69) is 5.32 Å². The predicted molar refractivity (Wildman–Crippen MR) is 132 cm³/mol. The third-order valence-corrected chi connectivity index (χ3v) is 6.00. The lowest BCUT2D eigenvalue weighted by atomic mass is 10.00. The summed E-state index contributed by atoms with van der Waals surface area (Å²) in [7, 11) is 2.93. The molecular formula is C28H25F2NO4. The van der Waals surface area contributed by atoms with Gasteiger partial charge in [0.2, 0.25) is 11.7 Å². The standard InChI is InChI=1S/C28H25F2NO4/c1-16-21(10-4-17-12-25(34-2)28(33)26(13-17)35-3)22-11-7-19(30)14-24(22)23(16)15-27(32)31-20-8-5-18(29)6-9-20/h5-14,33H,4,15H2,1-3H3,(H,31,32)/b21-10-. The summed E-state index contributed by atoms with van der Waals surface area (Å²) in [4.78, 5) is 12.7. The molecule has 2 N–H and O–H groups in total. The molecule has 3 aromatic carbocycles. The van der Waals surface area contributed by atoms with Gasteiger partial charge in [0.25, 0.3) is 0 Å². The van der Waals surface area contributed by atoms with Crippen LogP contribution in [-0.4, -0.2) is 25.2 Å². The van der Waals surface area contributed by atoms with Crippen molar-refractivity contribution in [3.63, 3.8) is 0 Å². The van der Waals surface area contributed by atoms with Crippen LogP contribution in [0.2, 0.25) is 0 Å². The molecule has 0 spiro atoms. The molecule has 180 valence electrons. The number of phenols is 1. The van der Waals surface area contributed by atoms with Crippen molar-refractivity contribution in [1.29, 1.82) is 0 Å². The van der Waals surface area contributed by atoms with Crippen molar-refractivity contribution in [2.75, 3.05) is 19.5 Å². The summed E-state index contributed by atoms with van der Waals surface area (Å²) < 4.78 is 37.8. The van der Waals surface area contributed by atoms with Gasteiger partial charge in [-0.25, -0.2) is 8.78 Å². The van der Waals surface area contributed by atoms with Gasteiger partial charge in [-0.15, -0.1) is 0 Å². The van der Waals surface area contributed by atoms with Gasteiger partial charge in [-0.05, 0) is 95.3 Å². The van der Waals surface area contributed by atoms with Crippen LogP contribution in [0, 0.1) is 11.6 Å². The Morgan fingerprint density at radius 1 is 0.943 bits per heavy atom.